The first kappa shape index (κ1) is 13.7. The van der Waals surface area contributed by atoms with E-state index in [1.807, 2.05) is 31.2 Å². The van der Waals surface area contributed by atoms with E-state index in [2.05, 4.69) is 25.5 Å². The van der Waals surface area contributed by atoms with Crippen molar-refractivity contribution in [1.82, 2.24) is 20.2 Å². The average Bonchev–Trinajstić information content (AvgIpc) is 2.96. The monoisotopic (exact) mass is 301 g/mol. The molecule has 0 unspecified atom stereocenters. The molecule has 0 aliphatic rings. The van der Waals surface area contributed by atoms with Crippen molar-refractivity contribution < 1.29 is 4.74 Å². The van der Waals surface area contributed by atoms with E-state index in [0.717, 1.165) is 33.2 Å². The molecule has 108 valence electrons. The minimum atomic E-state index is 0.597. The number of anilines is 1. The number of aromatic amines is 1. The highest BCUT2D eigenvalue weighted by Gasteiger charge is 2.11. The molecule has 7 heteroatoms. The standard InChI is InChI=1S/C14H15N5OS/c1-3-15-14-17-12-11(8-16-19-12)13(18-14)21-10-6-4-5-9(7-10)20-2/h4-8H,3H2,1-2H3,(H2,15,16,17,18,19). The van der Waals surface area contributed by atoms with Gasteiger partial charge in [-0.1, -0.05) is 17.8 Å². The maximum absolute atomic E-state index is 5.25. The molecule has 2 aromatic heterocycles. The van der Waals surface area contributed by atoms with Gasteiger partial charge in [0.15, 0.2) is 5.65 Å². The zero-order chi connectivity index (χ0) is 14.7. The summed E-state index contributed by atoms with van der Waals surface area (Å²) in [7, 11) is 1.66. The van der Waals surface area contributed by atoms with Crippen LogP contribution >= 0.6 is 11.8 Å². The molecular weight excluding hydrogens is 286 g/mol. The van der Waals surface area contributed by atoms with Crippen LogP contribution in [0.5, 0.6) is 5.75 Å². The van der Waals surface area contributed by atoms with Crippen LogP contribution in [0.4, 0.5) is 5.95 Å². The van der Waals surface area contributed by atoms with Crippen LogP contribution in [-0.2, 0) is 0 Å². The second kappa shape index (κ2) is 6.01. The van der Waals surface area contributed by atoms with E-state index in [4.69, 9.17) is 4.74 Å². The number of nitrogens with one attached hydrogen (secondary N) is 2. The van der Waals surface area contributed by atoms with Gasteiger partial charge in [-0.15, -0.1) is 0 Å². The second-order valence-corrected chi connectivity index (χ2v) is 5.36. The molecule has 2 N–H and O–H groups in total. The normalized spacial score (nSPS) is 10.8. The van der Waals surface area contributed by atoms with Gasteiger partial charge in [0.25, 0.3) is 0 Å². The highest BCUT2D eigenvalue weighted by molar-refractivity contribution is 7.99. The lowest BCUT2D eigenvalue weighted by Crippen LogP contribution is -2.02. The van der Waals surface area contributed by atoms with Gasteiger partial charge in [0.1, 0.15) is 10.8 Å². The van der Waals surface area contributed by atoms with Gasteiger partial charge in [0.2, 0.25) is 5.95 Å². The molecule has 0 atom stereocenters. The highest BCUT2D eigenvalue weighted by Crippen LogP contribution is 2.33. The topological polar surface area (TPSA) is 75.7 Å². The molecular formula is C14H15N5OS. The van der Waals surface area contributed by atoms with Crippen molar-refractivity contribution in [2.24, 2.45) is 0 Å². The van der Waals surface area contributed by atoms with Crippen molar-refractivity contribution in [2.45, 2.75) is 16.8 Å². The Morgan fingerprint density at radius 2 is 2.24 bits per heavy atom. The molecule has 0 bridgehead atoms. The Morgan fingerprint density at radius 1 is 1.33 bits per heavy atom. The summed E-state index contributed by atoms with van der Waals surface area (Å²) in [6, 6.07) is 7.88. The van der Waals surface area contributed by atoms with Crippen molar-refractivity contribution in [2.75, 3.05) is 19.0 Å². The van der Waals surface area contributed by atoms with E-state index in [-0.39, 0.29) is 0 Å². The number of nitrogens with zero attached hydrogens (tertiary/aromatic N) is 3. The molecule has 0 aliphatic heterocycles. The van der Waals surface area contributed by atoms with Crippen molar-refractivity contribution in [3.63, 3.8) is 0 Å². The number of benzene rings is 1. The van der Waals surface area contributed by atoms with Gasteiger partial charge in [-0.2, -0.15) is 10.1 Å². The van der Waals surface area contributed by atoms with Crippen LogP contribution in [0, 0.1) is 0 Å². The number of fused-ring (bicyclic) bond motifs is 1. The number of aromatic nitrogens is 4. The number of hydrogen-bond donors (Lipinski definition) is 2. The Morgan fingerprint density at radius 3 is 3.05 bits per heavy atom. The van der Waals surface area contributed by atoms with Crippen LogP contribution in [0.2, 0.25) is 0 Å². The summed E-state index contributed by atoms with van der Waals surface area (Å²) >= 11 is 1.56. The van der Waals surface area contributed by atoms with Gasteiger partial charge in [-0.25, -0.2) is 4.98 Å². The molecule has 1 aromatic carbocycles. The van der Waals surface area contributed by atoms with E-state index in [1.165, 1.54) is 0 Å². The zero-order valence-corrected chi connectivity index (χ0v) is 12.6. The maximum Gasteiger partial charge on any atom is 0.225 e. The number of H-pyrrole nitrogens is 1. The number of rotatable bonds is 5. The van der Waals surface area contributed by atoms with Gasteiger partial charge < -0.3 is 10.1 Å². The van der Waals surface area contributed by atoms with Crippen molar-refractivity contribution >= 4 is 28.7 Å². The van der Waals surface area contributed by atoms with Gasteiger partial charge in [0.05, 0.1) is 18.7 Å². The van der Waals surface area contributed by atoms with Crippen LogP contribution < -0.4 is 10.1 Å². The van der Waals surface area contributed by atoms with Crippen LogP contribution in [-0.4, -0.2) is 33.8 Å². The molecule has 0 saturated heterocycles. The van der Waals surface area contributed by atoms with Gasteiger partial charge >= 0.3 is 0 Å². The molecule has 3 rings (SSSR count). The predicted molar refractivity (Wildman–Crippen MR) is 83.0 cm³/mol. The zero-order valence-electron chi connectivity index (χ0n) is 11.8. The molecule has 2 heterocycles. The smallest absolute Gasteiger partial charge is 0.225 e. The first-order valence-electron chi connectivity index (χ1n) is 6.57. The summed E-state index contributed by atoms with van der Waals surface area (Å²) in [6.45, 7) is 2.78. The largest absolute Gasteiger partial charge is 0.497 e. The summed E-state index contributed by atoms with van der Waals surface area (Å²) in [6.07, 6.45) is 1.74. The first-order chi connectivity index (χ1) is 10.3. The summed E-state index contributed by atoms with van der Waals surface area (Å²) in [5.74, 6) is 1.42. The lowest BCUT2D eigenvalue weighted by molar-refractivity contribution is 0.413. The summed E-state index contributed by atoms with van der Waals surface area (Å²) in [5.41, 5.74) is 0.728. The van der Waals surface area contributed by atoms with E-state index in [0.29, 0.717) is 5.95 Å². The Balaban J connectivity index is 1.99. The van der Waals surface area contributed by atoms with Crippen molar-refractivity contribution in [3.05, 3.63) is 30.5 Å². The molecule has 0 saturated carbocycles. The first-order valence-corrected chi connectivity index (χ1v) is 7.38. The molecule has 6 nitrogen and oxygen atoms in total. The lowest BCUT2D eigenvalue weighted by atomic mass is 10.3. The third-order valence-corrected chi connectivity index (χ3v) is 3.86. The molecule has 0 fully saturated rings. The van der Waals surface area contributed by atoms with E-state index in [1.54, 1.807) is 25.1 Å². The minimum Gasteiger partial charge on any atom is -0.497 e. The molecule has 3 aromatic rings. The molecule has 0 amide bonds. The van der Waals surface area contributed by atoms with Crippen LogP contribution in [0.15, 0.2) is 40.4 Å². The number of hydrogen-bond acceptors (Lipinski definition) is 6. The molecule has 21 heavy (non-hydrogen) atoms. The van der Waals surface area contributed by atoms with Crippen molar-refractivity contribution in [1.29, 1.82) is 0 Å². The fourth-order valence-corrected chi connectivity index (χ4v) is 2.84. The molecule has 0 spiro atoms. The Hall–Kier alpha value is -2.28. The summed E-state index contributed by atoms with van der Waals surface area (Å²) in [5, 5.41) is 11.8. The quantitative estimate of drug-likeness (QED) is 0.706. The Labute approximate surface area is 126 Å². The fourth-order valence-electron chi connectivity index (χ4n) is 1.90. The Bertz CT molecular complexity index is 758. The summed E-state index contributed by atoms with van der Waals surface area (Å²) < 4.78 is 5.25. The van der Waals surface area contributed by atoms with Crippen LogP contribution in [0.1, 0.15) is 6.92 Å². The molecule has 0 radical (unpaired) electrons. The third kappa shape index (κ3) is 2.92. The van der Waals surface area contributed by atoms with E-state index >= 15 is 0 Å². The average molecular weight is 301 g/mol. The second-order valence-electron chi connectivity index (χ2n) is 4.30. The van der Waals surface area contributed by atoms with Crippen LogP contribution in [0.3, 0.4) is 0 Å². The highest BCUT2D eigenvalue weighted by atomic mass is 32.2. The fraction of sp³-hybridized carbons (Fsp3) is 0.214. The van der Waals surface area contributed by atoms with Gasteiger partial charge in [0, 0.05) is 11.4 Å². The minimum absolute atomic E-state index is 0.597. The Kier molecular flexibility index (Phi) is 3.92. The van der Waals surface area contributed by atoms with Crippen LogP contribution in [0.25, 0.3) is 11.0 Å². The summed E-state index contributed by atoms with van der Waals surface area (Å²) in [4.78, 5) is 9.99. The molecule has 0 aliphatic carbocycles. The third-order valence-electron chi connectivity index (χ3n) is 2.87. The van der Waals surface area contributed by atoms with E-state index < -0.39 is 0 Å². The predicted octanol–water partition coefficient (Wildman–Crippen LogP) is 2.94. The van der Waals surface area contributed by atoms with Gasteiger partial charge in [-0.05, 0) is 25.1 Å². The van der Waals surface area contributed by atoms with Gasteiger partial charge in [-0.3, -0.25) is 5.10 Å². The maximum atomic E-state index is 5.25. The SMILES string of the molecule is CCNc1nc(Sc2cccc(OC)c2)c2cn[nH]c2n1. The number of ether oxygens (including phenoxy) is 1. The lowest BCUT2D eigenvalue weighted by Gasteiger charge is -2.07. The van der Waals surface area contributed by atoms with E-state index in [9.17, 15) is 0 Å². The number of methoxy groups -OCH3 is 1. The van der Waals surface area contributed by atoms with Crippen molar-refractivity contribution in [3.8, 4) is 5.75 Å².